The number of aryl methyl sites for hydroxylation is 1. The quantitative estimate of drug-likeness (QED) is 0.641. The van der Waals surface area contributed by atoms with Gasteiger partial charge in [-0.15, -0.1) is 0 Å². The lowest BCUT2D eigenvalue weighted by Crippen LogP contribution is -2.32. The predicted molar refractivity (Wildman–Crippen MR) is 112 cm³/mol. The van der Waals surface area contributed by atoms with E-state index in [1.807, 2.05) is 35.2 Å². The molecule has 3 heteroatoms. The molecule has 1 aromatic heterocycles. The molecule has 1 fully saturated rings. The van der Waals surface area contributed by atoms with Gasteiger partial charge in [0.25, 0.3) is 0 Å². The van der Waals surface area contributed by atoms with Crippen molar-refractivity contribution in [3.8, 4) is 0 Å². The Morgan fingerprint density at radius 1 is 0.964 bits per heavy atom. The van der Waals surface area contributed by atoms with E-state index in [9.17, 15) is 4.79 Å². The van der Waals surface area contributed by atoms with E-state index >= 15 is 0 Å². The summed E-state index contributed by atoms with van der Waals surface area (Å²) in [7, 11) is 0. The first-order valence-corrected chi connectivity index (χ1v) is 10.0. The monoisotopic (exact) mass is 370 g/mol. The van der Waals surface area contributed by atoms with Gasteiger partial charge in [-0.05, 0) is 43.0 Å². The van der Waals surface area contributed by atoms with Crippen LogP contribution in [0.25, 0.3) is 0 Å². The van der Waals surface area contributed by atoms with Crippen LogP contribution < -0.4 is 0 Å². The Morgan fingerprint density at radius 2 is 1.75 bits per heavy atom. The lowest BCUT2D eigenvalue weighted by molar-refractivity contribution is -0.131. The molecule has 3 aromatic rings. The Kier molecular flexibility index (Phi) is 5.52. The maximum atomic E-state index is 12.9. The van der Waals surface area contributed by atoms with Crippen molar-refractivity contribution in [1.29, 1.82) is 0 Å². The van der Waals surface area contributed by atoms with E-state index in [1.54, 1.807) is 0 Å². The fourth-order valence-electron chi connectivity index (χ4n) is 3.94. The molecule has 1 aliphatic heterocycles. The van der Waals surface area contributed by atoms with E-state index in [-0.39, 0.29) is 11.9 Å². The highest BCUT2D eigenvalue weighted by Crippen LogP contribution is 2.31. The number of nitrogens with zero attached hydrogens (tertiary/aromatic N) is 2. The highest BCUT2D eigenvalue weighted by Gasteiger charge is 2.30. The Hall–Kier alpha value is -2.94. The number of rotatable bonds is 5. The minimum atomic E-state index is 0.0918. The SMILES string of the molecule is Cc1ccc(Cc2cccc([C@H]3CCCN3C(=O)Cc3ccccc3)n2)cc1. The third-order valence-corrected chi connectivity index (χ3v) is 5.45. The number of hydrogen-bond acceptors (Lipinski definition) is 2. The summed E-state index contributed by atoms with van der Waals surface area (Å²) < 4.78 is 0. The summed E-state index contributed by atoms with van der Waals surface area (Å²) in [5.41, 5.74) is 5.68. The standard InChI is InChI=1S/C25H26N2O/c1-19-12-14-21(15-13-19)17-22-9-5-10-23(26-22)24-11-6-16-27(24)25(28)18-20-7-3-2-4-8-20/h2-5,7-10,12-15,24H,6,11,16-18H2,1H3/t24-/m1/s1. The summed E-state index contributed by atoms with van der Waals surface area (Å²) in [6.07, 6.45) is 3.30. The van der Waals surface area contributed by atoms with Crippen LogP contribution in [0.4, 0.5) is 0 Å². The summed E-state index contributed by atoms with van der Waals surface area (Å²) in [5, 5.41) is 0. The van der Waals surface area contributed by atoms with Crippen molar-refractivity contribution in [1.82, 2.24) is 9.88 Å². The van der Waals surface area contributed by atoms with Crippen molar-refractivity contribution >= 4 is 5.91 Å². The van der Waals surface area contributed by atoms with E-state index in [1.165, 1.54) is 11.1 Å². The first-order valence-electron chi connectivity index (χ1n) is 10.0. The van der Waals surface area contributed by atoms with Crippen molar-refractivity contribution in [3.63, 3.8) is 0 Å². The summed E-state index contributed by atoms with van der Waals surface area (Å²) >= 11 is 0. The fraction of sp³-hybridized carbons (Fsp3) is 0.280. The summed E-state index contributed by atoms with van der Waals surface area (Å²) in [6, 6.07) is 24.9. The van der Waals surface area contributed by atoms with Crippen molar-refractivity contribution in [2.24, 2.45) is 0 Å². The zero-order valence-electron chi connectivity index (χ0n) is 16.3. The van der Waals surface area contributed by atoms with Crippen LogP contribution in [-0.4, -0.2) is 22.3 Å². The Balaban J connectivity index is 1.49. The first-order chi connectivity index (χ1) is 13.7. The molecule has 2 aromatic carbocycles. The molecule has 3 nitrogen and oxygen atoms in total. The number of hydrogen-bond donors (Lipinski definition) is 0. The average Bonchev–Trinajstić information content (AvgIpc) is 3.21. The van der Waals surface area contributed by atoms with Gasteiger partial charge >= 0.3 is 0 Å². The van der Waals surface area contributed by atoms with Gasteiger partial charge in [0.2, 0.25) is 5.91 Å². The third kappa shape index (κ3) is 4.30. The zero-order valence-corrected chi connectivity index (χ0v) is 16.3. The van der Waals surface area contributed by atoms with Gasteiger partial charge in [0.15, 0.2) is 0 Å². The largest absolute Gasteiger partial charge is 0.334 e. The van der Waals surface area contributed by atoms with Crippen LogP contribution in [0, 0.1) is 6.92 Å². The molecule has 0 radical (unpaired) electrons. The normalized spacial score (nSPS) is 16.3. The van der Waals surface area contributed by atoms with Gasteiger partial charge < -0.3 is 4.90 Å². The third-order valence-electron chi connectivity index (χ3n) is 5.45. The molecule has 0 N–H and O–H groups in total. The van der Waals surface area contributed by atoms with E-state index in [2.05, 4.69) is 49.4 Å². The average molecular weight is 370 g/mol. The van der Waals surface area contributed by atoms with Crippen LogP contribution in [0.2, 0.25) is 0 Å². The van der Waals surface area contributed by atoms with Gasteiger partial charge in [-0.25, -0.2) is 0 Å². The molecule has 142 valence electrons. The van der Waals surface area contributed by atoms with E-state index in [0.717, 1.165) is 42.8 Å². The molecular weight excluding hydrogens is 344 g/mol. The molecule has 1 atom stereocenters. The van der Waals surface area contributed by atoms with E-state index < -0.39 is 0 Å². The van der Waals surface area contributed by atoms with Crippen molar-refractivity contribution < 1.29 is 4.79 Å². The molecule has 0 unspecified atom stereocenters. The van der Waals surface area contributed by atoms with Crippen molar-refractivity contribution in [2.45, 2.75) is 38.6 Å². The Morgan fingerprint density at radius 3 is 2.54 bits per heavy atom. The minimum Gasteiger partial charge on any atom is -0.334 e. The minimum absolute atomic E-state index is 0.0918. The second-order valence-electron chi connectivity index (χ2n) is 7.62. The summed E-state index contributed by atoms with van der Waals surface area (Å²) in [4.78, 5) is 19.8. The molecule has 0 aliphatic carbocycles. The number of carbonyl (C=O) groups excluding carboxylic acids is 1. The van der Waals surface area contributed by atoms with Gasteiger partial charge in [0, 0.05) is 18.7 Å². The highest BCUT2D eigenvalue weighted by molar-refractivity contribution is 5.79. The molecule has 0 bridgehead atoms. The number of aromatic nitrogens is 1. The van der Waals surface area contributed by atoms with E-state index in [4.69, 9.17) is 4.98 Å². The first kappa shape index (κ1) is 18.4. The van der Waals surface area contributed by atoms with Gasteiger partial charge in [-0.2, -0.15) is 0 Å². The number of likely N-dealkylation sites (tertiary alicyclic amines) is 1. The molecule has 4 rings (SSSR count). The van der Waals surface area contributed by atoms with Crippen LogP contribution in [0.5, 0.6) is 0 Å². The summed E-state index contributed by atoms with van der Waals surface area (Å²) in [5.74, 6) is 0.194. The van der Waals surface area contributed by atoms with Gasteiger partial charge in [0.05, 0.1) is 18.2 Å². The van der Waals surface area contributed by atoms with Gasteiger partial charge in [-0.3, -0.25) is 9.78 Å². The molecule has 0 spiro atoms. The van der Waals surface area contributed by atoms with Crippen LogP contribution in [0.15, 0.2) is 72.8 Å². The van der Waals surface area contributed by atoms with E-state index in [0.29, 0.717) is 6.42 Å². The van der Waals surface area contributed by atoms with Gasteiger partial charge in [0.1, 0.15) is 0 Å². The number of pyridine rings is 1. The highest BCUT2D eigenvalue weighted by atomic mass is 16.2. The number of carbonyl (C=O) groups is 1. The maximum Gasteiger partial charge on any atom is 0.227 e. The number of amides is 1. The maximum absolute atomic E-state index is 12.9. The van der Waals surface area contributed by atoms with Crippen molar-refractivity contribution in [2.75, 3.05) is 6.54 Å². The second kappa shape index (κ2) is 8.39. The topological polar surface area (TPSA) is 33.2 Å². The van der Waals surface area contributed by atoms with Crippen LogP contribution >= 0.6 is 0 Å². The summed E-state index contributed by atoms with van der Waals surface area (Å²) in [6.45, 7) is 2.92. The van der Waals surface area contributed by atoms with Crippen LogP contribution in [-0.2, 0) is 17.6 Å². The molecule has 2 heterocycles. The van der Waals surface area contributed by atoms with Crippen LogP contribution in [0.1, 0.15) is 47.0 Å². The van der Waals surface area contributed by atoms with Crippen LogP contribution in [0.3, 0.4) is 0 Å². The molecule has 28 heavy (non-hydrogen) atoms. The Labute approximate surface area is 167 Å². The smallest absolute Gasteiger partial charge is 0.227 e. The molecule has 1 saturated heterocycles. The predicted octanol–water partition coefficient (Wildman–Crippen LogP) is 4.89. The molecule has 0 saturated carbocycles. The fourth-order valence-corrected chi connectivity index (χ4v) is 3.94. The Bertz CT molecular complexity index is 934. The lowest BCUT2D eigenvalue weighted by atomic mass is 10.1. The molecule has 1 aliphatic rings. The molecular formula is C25H26N2O. The lowest BCUT2D eigenvalue weighted by Gasteiger charge is -2.25. The second-order valence-corrected chi connectivity index (χ2v) is 7.62. The van der Waals surface area contributed by atoms with Gasteiger partial charge in [-0.1, -0.05) is 66.2 Å². The number of benzene rings is 2. The zero-order chi connectivity index (χ0) is 19.3. The molecule has 1 amide bonds. The van der Waals surface area contributed by atoms with Crippen molar-refractivity contribution in [3.05, 3.63) is 101 Å².